The Morgan fingerprint density at radius 3 is 2.50 bits per heavy atom. The molecule has 0 amide bonds. The van der Waals surface area contributed by atoms with Crippen LogP contribution in [-0.4, -0.2) is 41.8 Å². The number of aliphatic hydroxyl groups is 1. The van der Waals surface area contributed by atoms with E-state index in [2.05, 4.69) is 11.8 Å². The zero-order valence-corrected chi connectivity index (χ0v) is 12.1. The lowest BCUT2D eigenvalue weighted by molar-refractivity contribution is -0.0333. The summed E-state index contributed by atoms with van der Waals surface area (Å²) >= 11 is 0. The van der Waals surface area contributed by atoms with E-state index in [0.29, 0.717) is 5.41 Å². The minimum Gasteiger partial charge on any atom is -0.389 e. The average molecular weight is 254 g/mol. The van der Waals surface area contributed by atoms with Crippen molar-refractivity contribution in [2.45, 2.75) is 58.0 Å². The van der Waals surface area contributed by atoms with Crippen LogP contribution in [0, 0.1) is 11.3 Å². The molecule has 1 atom stereocenters. The monoisotopic (exact) mass is 254 g/mol. The van der Waals surface area contributed by atoms with Crippen molar-refractivity contribution in [1.29, 1.82) is 0 Å². The van der Waals surface area contributed by atoms with Crippen LogP contribution in [0.4, 0.5) is 0 Å². The third kappa shape index (κ3) is 3.46. The number of hydrogen-bond donors (Lipinski definition) is 2. The van der Waals surface area contributed by atoms with Crippen LogP contribution in [0.25, 0.3) is 0 Å². The third-order valence-corrected chi connectivity index (χ3v) is 5.08. The first-order chi connectivity index (χ1) is 8.45. The van der Waals surface area contributed by atoms with Crippen LogP contribution >= 0.6 is 0 Å². The molecule has 3 N–H and O–H groups in total. The van der Waals surface area contributed by atoms with Crippen LogP contribution in [0.1, 0.15) is 52.4 Å². The Hall–Kier alpha value is -0.120. The first-order valence-corrected chi connectivity index (χ1v) is 7.60. The Morgan fingerprint density at radius 2 is 1.94 bits per heavy atom. The summed E-state index contributed by atoms with van der Waals surface area (Å²) in [6.45, 7) is 8.17. The van der Waals surface area contributed by atoms with E-state index >= 15 is 0 Å². The number of likely N-dealkylation sites (tertiary alicyclic amines) is 1. The summed E-state index contributed by atoms with van der Waals surface area (Å²) in [4.78, 5) is 2.45. The highest BCUT2D eigenvalue weighted by Gasteiger charge is 2.37. The highest BCUT2D eigenvalue weighted by Crippen LogP contribution is 2.39. The molecular weight excluding hydrogens is 224 g/mol. The van der Waals surface area contributed by atoms with Crippen LogP contribution in [-0.2, 0) is 0 Å². The number of β-amino-alcohol motifs (C(OH)–C–C–N with tert-alkyl or cyclic N) is 1. The first-order valence-electron chi connectivity index (χ1n) is 7.60. The summed E-state index contributed by atoms with van der Waals surface area (Å²) in [5.74, 6) is 0.870. The Balaban J connectivity index is 1.93. The molecule has 1 aliphatic carbocycles. The van der Waals surface area contributed by atoms with Crippen molar-refractivity contribution in [3.05, 3.63) is 0 Å². The molecule has 1 heterocycles. The normalized spacial score (nSPS) is 43.0. The van der Waals surface area contributed by atoms with E-state index in [1.807, 2.05) is 6.92 Å². The highest BCUT2D eigenvalue weighted by molar-refractivity contribution is 4.91. The molecule has 0 aromatic rings. The van der Waals surface area contributed by atoms with Gasteiger partial charge in [0.05, 0.1) is 5.60 Å². The summed E-state index contributed by atoms with van der Waals surface area (Å²) in [5, 5.41) is 10.2. The van der Waals surface area contributed by atoms with Gasteiger partial charge in [0, 0.05) is 13.1 Å². The van der Waals surface area contributed by atoms with Crippen molar-refractivity contribution >= 4 is 0 Å². The Bertz CT molecular complexity index is 270. The summed E-state index contributed by atoms with van der Waals surface area (Å²) in [5.41, 5.74) is 5.91. The Kier molecular flexibility index (Phi) is 4.35. The zero-order chi connectivity index (χ0) is 13.2. The number of nitrogens with two attached hydrogens (primary N) is 1. The molecule has 2 fully saturated rings. The van der Waals surface area contributed by atoms with Crippen LogP contribution < -0.4 is 5.73 Å². The molecule has 3 heteroatoms. The predicted octanol–water partition coefficient (Wildman–Crippen LogP) is 1.99. The Labute approximate surface area is 112 Å². The summed E-state index contributed by atoms with van der Waals surface area (Å²) in [6.07, 6.45) is 7.23. The van der Waals surface area contributed by atoms with E-state index in [4.69, 9.17) is 5.73 Å². The first kappa shape index (κ1) is 14.3. The molecule has 18 heavy (non-hydrogen) atoms. The van der Waals surface area contributed by atoms with Crippen molar-refractivity contribution in [2.75, 3.05) is 26.2 Å². The van der Waals surface area contributed by atoms with Gasteiger partial charge in [-0.25, -0.2) is 0 Å². The lowest BCUT2D eigenvalue weighted by Crippen LogP contribution is -2.52. The third-order valence-electron chi connectivity index (χ3n) is 5.08. The van der Waals surface area contributed by atoms with Gasteiger partial charge in [-0.05, 0) is 57.0 Å². The predicted molar refractivity (Wildman–Crippen MR) is 75.4 cm³/mol. The van der Waals surface area contributed by atoms with Gasteiger partial charge in [0.2, 0.25) is 0 Å². The summed E-state index contributed by atoms with van der Waals surface area (Å²) in [7, 11) is 0. The van der Waals surface area contributed by atoms with Gasteiger partial charge in [0.15, 0.2) is 0 Å². The molecule has 0 radical (unpaired) electrons. The van der Waals surface area contributed by atoms with Gasteiger partial charge in [-0.1, -0.05) is 19.8 Å². The van der Waals surface area contributed by atoms with E-state index in [0.717, 1.165) is 44.9 Å². The molecule has 0 spiro atoms. The van der Waals surface area contributed by atoms with Gasteiger partial charge >= 0.3 is 0 Å². The fourth-order valence-corrected chi connectivity index (χ4v) is 3.73. The molecule has 1 saturated heterocycles. The Morgan fingerprint density at radius 1 is 1.28 bits per heavy atom. The van der Waals surface area contributed by atoms with Gasteiger partial charge in [-0.15, -0.1) is 0 Å². The lowest BCUT2D eigenvalue weighted by atomic mass is 9.70. The van der Waals surface area contributed by atoms with Crippen molar-refractivity contribution in [1.82, 2.24) is 4.90 Å². The molecule has 1 unspecified atom stereocenters. The molecular formula is C15H30N2O. The molecule has 3 nitrogen and oxygen atoms in total. The second-order valence-electron chi connectivity index (χ2n) is 7.20. The van der Waals surface area contributed by atoms with Gasteiger partial charge in [-0.3, -0.25) is 4.90 Å². The lowest BCUT2D eigenvalue weighted by Gasteiger charge is -2.45. The van der Waals surface area contributed by atoms with Gasteiger partial charge in [0.25, 0.3) is 0 Å². The number of nitrogens with zero attached hydrogens (tertiary/aromatic N) is 1. The fraction of sp³-hybridized carbons (Fsp3) is 1.00. The number of piperidine rings is 1. The van der Waals surface area contributed by atoms with Crippen molar-refractivity contribution < 1.29 is 5.11 Å². The van der Waals surface area contributed by atoms with E-state index in [1.54, 1.807) is 0 Å². The second-order valence-corrected chi connectivity index (χ2v) is 7.20. The van der Waals surface area contributed by atoms with Gasteiger partial charge < -0.3 is 10.8 Å². The van der Waals surface area contributed by atoms with Crippen LogP contribution in [0.3, 0.4) is 0 Å². The highest BCUT2D eigenvalue weighted by atomic mass is 16.3. The standard InChI is InChI=1S/C15H30N2O/c1-13-4-7-15(10-16,8-5-13)12-17-9-3-6-14(2,18)11-17/h13,18H,3-12,16H2,1-2H3. The maximum Gasteiger partial charge on any atom is 0.0746 e. The number of hydrogen-bond acceptors (Lipinski definition) is 3. The quantitative estimate of drug-likeness (QED) is 0.810. The number of rotatable bonds is 3. The van der Waals surface area contributed by atoms with E-state index in [-0.39, 0.29) is 0 Å². The zero-order valence-electron chi connectivity index (χ0n) is 12.1. The van der Waals surface area contributed by atoms with Crippen molar-refractivity contribution in [3.63, 3.8) is 0 Å². The van der Waals surface area contributed by atoms with E-state index in [9.17, 15) is 5.11 Å². The summed E-state index contributed by atoms with van der Waals surface area (Å²) in [6, 6.07) is 0. The molecule has 2 aliphatic rings. The molecule has 1 saturated carbocycles. The van der Waals surface area contributed by atoms with Crippen molar-refractivity contribution in [2.24, 2.45) is 17.1 Å². The summed E-state index contributed by atoms with van der Waals surface area (Å²) < 4.78 is 0. The minimum absolute atomic E-state index is 0.319. The molecule has 0 bridgehead atoms. The smallest absolute Gasteiger partial charge is 0.0746 e. The topological polar surface area (TPSA) is 49.5 Å². The van der Waals surface area contributed by atoms with Gasteiger partial charge in [-0.2, -0.15) is 0 Å². The van der Waals surface area contributed by atoms with E-state index in [1.165, 1.54) is 25.7 Å². The maximum absolute atomic E-state index is 10.2. The van der Waals surface area contributed by atoms with Crippen LogP contribution in [0.2, 0.25) is 0 Å². The average Bonchev–Trinajstić information content (AvgIpc) is 2.31. The molecule has 0 aromatic carbocycles. The van der Waals surface area contributed by atoms with Gasteiger partial charge in [0.1, 0.15) is 0 Å². The van der Waals surface area contributed by atoms with E-state index < -0.39 is 5.60 Å². The molecule has 2 rings (SSSR count). The van der Waals surface area contributed by atoms with Crippen molar-refractivity contribution in [3.8, 4) is 0 Å². The molecule has 0 aromatic heterocycles. The van der Waals surface area contributed by atoms with Crippen LogP contribution in [0.5, 0.6) is 0 Å². The van der Waals surface area contributed by atoms with Crippen LogP contribution in [0.15, 0.2) is 0 Å². The second kappa shape index (κ2) is 5.48. The molecule has 106 valence electrons. The maximum atomic E-state index is 10.2. The minimum atomic E-state index is -0.490. The molecule has 1 aliphatic heterocycles. The largest absolute Gasteiger partial charge is 0.389 e. The fourth-order valence-electron chi connectivity index (χ4n) is 3.73. The SMILES string of the molecule is CC1CCC(CN)(CN2CCCC(C)(O)C2)CC1.